The molecule has 0 unspecified atom stereocenters. The summed E-state index contributed by atoms with van der Waals surface area (Å²) in [4.78, 5) is 26.6. The van der Waals surface area contributed by atoms with Crippen LogP contribution in [-0.2, 0) is 11.3 Å². The second kappa shape index (κ2) is 8.23. The van der Waals surface area contributed by atoms with Crippen LogP contribution in [0, 0.1) is 12.8 Å². The third-order valence-electron chi connectivity index (χ3n) is 5.10. The van der Waals surface area contributed by atoms with Gasteiger partial charge in [0.15, 0.2) is 18.1 Å². The van der Waals surface area contributed by atoms with Gasteiger partial charge >= 0.3 is 5.97 Å². The molecule has 0 saturated carbocycles. The van der Waals surface area contributed by atoms with Gasteiger partial charge in [0.05, 0.1) is 0 Å². The minimum atomic E-state index is -1.07. The van der Waals surface area contributed by atoms with E-state index in [-0.39, 0.29) is 24.1 Å². The van der Waals surface area contributed by atoms with E-state index in [0.29, 0.717) is 48.1 Å². The molecule has 3 aromatic rings. The lowest BCUT2D eigenvalue weighted by molar-refractivity contribution is -0.138. The van der Waals surface area contributed by atoms with E-state index in [1.54, 1.807) is 18.2 Å². The Hall–Kier alpha value is -3.27. The van der Waals surface area contributed by atoms with Gasteiger partial charge in [-0.05, 0) is 42.7 Å². The fourth-order valence-electron chi connectivity index (χ4n) is 3.50. The van der Waals surface area contributed by atoms with Crippen LogP contribution in [0.25, 0.3) is 11.6 Å². The number of hydrogen-bond donors (Lipinski definition) is 1. The molecule has 30 heavy (non-hydrogen) atoms. The number of carboxylic acid groups (broad SMARTS) is 1. The Labute approximate surface area is 176 Å². The summed E-state index contributed by atoms with van der Waals surface area (Å²) in [5.74, 6) is 0.0648. The number of ketones is 1. The number of aryl methyl sites for hydroxylation is 1. The molecule has 0 spiro atoms. The van der Waals surface area contributed by atoms with Crippen LogP contribution >= 0.6 is 11.6 Å². The number of carbonyl (C=O) groups is 2. The lowest BCUT2D eigenvalue weighted by Gasteiger charge is -2.31. The molecular weight excluding hydrogens is 412 g/mol. The largest absolute Gasteiger partial charge is 0.480 e. The topological polar surface area (TPSA) is 127 Å². The minimum Gasteiger partial charge on any atom is -0.480 e. The first-order valence-corrected chi connectivity index (χ1v) is 9.80. The Balaban J connectivity index is 1.40. The van der Waals surface area contributed by atoms with Crippen molar-refractivity contribution in [2.24, 2.45) is 5.92 Å². The first-order valence-electron chi connectivity index (χ1n) is 9.42. The van der Waals surface area contributed by atoms with Crippen LogP contribution in [0.5, 0.6) is 0 Å². The van der Waals surface area contributed by atoms with Crippen LogP contribution in [0.4, 0.5) is 5.82 Å². The molecule has 0 atom stereocenters. The van der Waals surface area contributed by atoms with Gasteiger partial charge in [0.2, 0.25) is 11.6 Å². The number of hydrogen-bond acceptors (Lipinski definition) is 8. The van der Waals surface area contributed by atoms with E-state index in [9.17, 15) is 9.59 Å². The van der Waals surface area contributed by atoms with Crippen molar-refractivity contribution in [1.82, 2.24) is 25.4 Å². The highest BCUT2D eigenvalue weighted by Crippen LogP contribution is 2.29. The lowest BCUT2D eigenvalue weighted by atomic mass is 9.87. The van der Waals surface area contributed by atoms with E-state index >= 15 is 0 Å². The molecular formula is C19H19ClN6O4. The Bertz CT molecular complexity index is 1090. The molecule has 0 radical (unpaired) electrons. The van der Waals surface area contributed by atoms with Gasteiger partial charge in [-0.1, -0.05) is 22.8 Å². The molecule has 1 N–H and O–H groups in total. The van der Waals surface area contributed by atoms with Crippen molar-refractivity contribution in [2.45, 2.75) is 26.3 Å². The molecule has 0 aliphatic carbocycles. The quantitative estimate of drug-likeness (QED) is 0.586. The van der Waals surface area contributed by atoms with Crippen molar-refractivity contribution in [2.75, 3.05) is 18.0 Å². The number of rotatable bonds is 6. The molecule has 0 amide bonds. The van der Waals surface area contributed by atoms with E-state index < -0.39 is 5.97 Å². The van der Waals surface area contributed by atoms with Gasteiger partial charge in [0.25, 0.3) is 0 Å². The number of Topliss-reactive ketones (excluding diaryl/α,β-unsaturated/α-hetero) is 1. The summed E-state index contributed by atoms with van der Waals surface area (Å²) in [5, 5.41) is 24.8. The van der Waals surface area contributed by atoms with Crippen molar-refractivity contribution in [1.29, 1.82) is 0 Å². The van der Waals surface area contributed by atoms with Crippen LogP contribution in [0.15, 0.2) is 28.8 Å². The van der Waals surface area contributed by atoms with Gasteiger partial charge < -0.3 is 14.5 Å². The molecule has 3 heterocycles. The number of tetrazole rings is 1. The summed E-state index contributed by atoms with van der Waals surface area (Å²) in [6.45, 7) is 2.83. The van der Waals surface area contributed by atoms with Gasteiger partial charge in [-0.3, -0.25) is 9.59 Å². The standard InChI is InChI=1S/C19H19ClN6O4/c1-11-2-3-13(20)8-14(11)18(29)12-4-6-25(7-5-12)16-9-15(30-23-16)19-21-24-26(22-19)10-17(27)28/h2-3,8-9,12H,4-7,10H2,1H3,(H,27,28). The van der Waals surface area contributed by atoms with E-state index in [1.807, 2.05) is 17.9 Å². The van der Waals surface area contributed by atoms with Crippen molar-refractivity contribution in [3.8, 4) is 11.6 Å². The van der Waals surface area contributed by atoms with Gasteiger partial charge in [-0.15, -0.1) is 10.2 Å². The van der Waals surface area contributed by atoms with E-state index in [2.05, 4.69) is 20.6 Å². The van der Waals surface area contributed by atoms with Gasteiger partial charge in [0.1, 0.15) is 0 Å². The number of halogens is 1. The number of carbonyl (C=O) groups excluding carboxylic acids is 1. The number of piperidine rings is 1. The number of anilines is 1. The Morgan fingerprint density at radius 1 is 1.27 bits per heavy atom. The number of aromatic nitrogens is 5. The summed E-state index contributed by atoms with van der Waals surface area (Å²) < 4.78 is 5.30. The SMILES string of the molecule is Cc1ccc(Cl)cc1C(=O)C1CCN(c2cc(-c3nnn(CC(=O)O)n3)on2)CC1. The van der Waals surface area contributed by atoms with Gasteiger partial charge in [0, 0.05) is 35.7 Å². The maximum atomic E-state index is 12.9. The highest BCUT2D eigenvalue weighted by molar-refractivity contribution is 6.31. The normalized spacial score (nSPS) is 14.8. The fourth-order valence-corrected chi connectivity index (χ4v) is 3.67. The first kappa shape index (κ1) is 20.0. The average Bonchev–Trinajstić information content (AvgIpc) is 3.38. The zero-order valence-corrected chi connectivity index (χ0v) is 16.9. The summed E-state index contributed by atoms with van der Waals surface area (Å²) in [5.41, 5.74) is 1.61. The van der Waals surface area contributed by atoms with E-state index in [1.165, 1.54) is 0 Å². The summed E-state index contributed by atoms with van der Waals surface area (Å²) in [7, 11) is 0. The number of aliphatic carboxylic acids is 1. The molecule has 1 saturated heterocycles. The van der Waals surface area contributed by atoms with E-state index in [0.717, 1.165) is 10.4 Å². The molecule has 1 aliphatic heterocycles. The van der Waals surface area contributed by atoms with Gasteiger partial charge in [-0.2, -0.15) is 4.80 Å². The molecule has 2 aromatic heterocycles. The minimum absolute atomic E-state index is 0.0672. The molecule has 1 fully saturated rings. The van der Waals surface area contributed by atoms with Crippen LogP contribution in [0.1, 0.15) is 28.8 Å². The van der Waals surface area contributed by atoms with Crippen LogP contribution < -0.4 is 4.90 Å². The highest BCUT2D eigenvalue weighted by atomic mass is 35.5. The predicted molar refractivity (Wildman–Crippen MR) is 106 cm³/mol. The van der Waals surface area contributed by atoms with Gasteiger partial charge in [-0.25, -0.2) is 0 Å². The lowest BCUT2D eigenvalue weighted by Crippen LogP contribution is -2.36. The third-order valence-corrected chi connectivity index (χ3v) is 5.34. The predicted octanol–water partition coefficient (Wildman–Crippen LogP) is 2.47. The molecule has 1 aliphatic rings. The summed E-state index contributed by atoms with van der Waals surface area (Å²) >= 11 is 6.06. The maximum absolute atomic E-state index is 12.9. The van der Waals surface area contributed by atoms with Crippen LogP contribution in [0.2, 0.25) is 5.02 Å². The summed E-state index contributed by atoms with van der Waals surface area (Å²) in [6.07, 6.45) is 1.39. The average molecular weight is 431 g/mol. The molecule has 156 valence electrons. The molecule has 10 nitrogen and oxygen atoms in total. The molecule has 11 heteroatoms. The Morgan fingerprint density at radius 2 is 2.03 bits per heavy atom. The van der Waals surface area contributed by atoms with Crippen LogP contribution in [-0.4, -0.2) is 55.3 Å². The second-order valence-electron chi connectivity index (χ2n) is 7.17. The Morgan fingerprint density at radius 3 is 2.77 bits per heavy atom. The molecule has 1 aromatic carbocycles. The first-order chi connectivity index (χ1) is 14.4. The third kappa shape index (κ3) is 4.18. The summed E-state index contributed by atoms with van der Waals surface area (Å²) in [6, 6.07) is 7.07. The molecule has 4 rings (SSSR count). The monoisotopic (exact) mass is 430 g/mol. The second-order valence-corrected chi connectivity index (χ2v) is 7.61. The number of nitrogens with zero attached hydrogens (tertiary/aromatic N) is 6. The van der Waals surface area contributed by atoms with Crippen molar-refractivity contribution in [3.05, 3.63) is 40.4 Å². The fraction of sp³-hybridized carbons (Fsp3) is 0.368. The number of benzene rings is 1. The molecule has 0 bridgehead atoms. The zero-order chi connectivity index (χ0) is 21.3. The van der Waals surface area contributed by atoms with Crippen molar-refractivity contribution in [3.63, 3.8) is 0 Å². The van der Waals surface area contributed by atoms with Crippen molar-refractivity contribution >= 4 is 29.2 Å². The zero-order valence-electron chi connectivity index (χ0n) is 16.2. The van der Waals surface area contributed by atoms with Crippen LogP contribution in [0.3, 0.4) is 0 Å². The Kier molecular flexibility index (Phi) is 5.49. The van der Waals surface area contributed by atoms with E-state index in [4.69, 9.17) is 21.2 Å². The number of carboxylic acids is 1. The van der Waals surface area contributed by atoms with Crippen molar-refractivity contribution < 1.29 is 19.2 Å². The smallest absolute Gasteiger partial charge is 0.327 e. The highest BCUT2D eigenvalue weighted by Gasteiger charge is 2.28. The maximum Gasteiger partial charge on any atom is 0.327 e.